The van der Waals surface area contributed by atoms with Crippen molar-refractivity contribution in [3.05, 3.63) is 0 Å². The fourth-order valence-electron chi connectivity index (χ4n) is 2.74. The second-order valence-electron chi connectivity index (χ2n) is 5.99. The van der Waals surface area contributed by atoms with Crippen molar-refractivity contribution in [3.8, 4) is 0 Å². The van der Waals surface area contributed by atoms with E-state index in [0.29, 0.717) is 31.1 Å². The Kier molecular flexibility index (Phi) is 7.30. The van der Waals surface area contributed by atoms with Crippen LogP contribution in [0.25, 0.3) is 0 Å². The van der Waals surface area contributed by atoms with E-state index in [1.165, 1.54) is 0 Å². The maximum absolute atomic E-state index is 11.8. The number of likely N-dealkylation sites (tertiary alicyclic amines) is 1. The Morgan fingerprint density at radius 3 is 2.64 bits per heavy atom. The summed E-state index contributed by atoms with van der Waals surface area (Å²) in [5, 5.41) is 25.9. The van der Waals surface area contributed by atoms with Gasteiger partial charge in [-0.05, 0) is 37.3 Å². The molecule has 10 heteroatoms. The van der Waals surface area contributed by atoms with Crippen molar-refractivity contribution in [3.63, 3.8) is 0 Å². The van der Waals surface area contributed by atoms with Crippen LogP contribution >= 0.6 is 11.8 Å². The Hall–Kier alpha value is -0.645. The molecule has 7 N–H and O–H groups in total. The van der Waals surface area contributed by atoms with Gasteiger partial charge in [0.2, 0.25) is 0 Å². The van der Waals surface area contributed by atoms with Crippen LogP contribution in [0.15, 0.2) is 0 Å². The van der Waals surface area contributed by atoms with Gasteiger partial charge in [0.15, 0.2) is 5.78 Å². The van der Waals surface area contributed by atoms with Gasteiger partial charge in [-0.25, -0.2) is 4.79 Å². The lowest BCUT2D eigenvalue weighted by atomic mass is 9.78. The Balaban J connectivity index is 2.75. The Bertz CT molecular complexity index is 412. The fourth-order valence-corrected chi connectivity index (χ4v) is 3.65. The minimum atomic E-state index is -1.40. The van der Waals surface area contributed by atoms with E-state index in [2.05, 4.69) is 0 Å². The first kappa shape index (κ1) is 19.4. The number of carbonyl (C=O) groups excluding carboxylic acids is 1. The zero-order valence-electron chi connectivity index (χ0n) is 12.6. The third-order valence-electron chi connectivity index (χ3n) is 3.65. The van der Waals surface area contributed by atoms with Crippen LogP contribution in [0.5, 0.6) is 0 Å². The molecule has 0 spiro atoms. The van der Waals surface area contributed by atoms with Crippen LogP contribution in [0.4, 0.5) is 4.79 Å². The number of carbonyl (C=O) groups is 2. The van der Waals surface area contributed by atoms with Crippen LogP contribution in [0.3, 0.4) is 0 Å². The van der Waals surface area contributed by atoms with Gasteiger partial charge in [-0.3, -0.25) is 9.69 Å². The zero-order chi connectivity index (χ0) is 16.9. The summed E-state index contributed by atoms with van der Waals surface area (Å²) in [5.41, 5.74) is 11.7. The molecule has 0 radical (unpaired) electrons. The number of piperidine rings is 1. The molecule has 8 nitrogen and oxygen atoms in total. The molecule has 0 aromatic rings. The number of nitrogens with two attached hydrogens (primary N) is 2. The molecule has 0 bridgehead atoms. The van der Waals surface area contributed by atoms with E-state index in [0.717, 1.165) is 0 Å². The summed E-state index contributed by atoms with van der Waals surface area (Å²) in [6.45, 7) is 2.56. The Labute approximate surface area is 134 Å². The molecule has 1 unspecified atom stereocenters. The monoisotopic (exact) mass is 333 g/mol. The summed E-state index contributed by atoms with van der Waals surface area (Å²) in [5.74, 6) is -0.140. The summed E-state index contributed by atoms with van der Waals surface area (Å²) >= 11 is 0.640. The molecular weight excluding hydrogens is 309 g/mol. The van der Waals surface area contributed by atoms with E-state index in [1.54, 1.807) is 11.8 Å². The maximum Gasteiger partial charge on any atom is 0.451 e. The predicted molar refractivity (Wildman–Crippen MR) is 85.4 cm³/mol. The van der Waals surface area contributed by atoms with E-state index < -0.39 is 23.3 Å². The Morgan fingerprint density at radius 2 is 2.14 bits per heavy atom. The van der Waals surface area contributed by atoms with Gasteiger partial charge in [0.25, 0.3) is 0 Å². The van der Waals surface area contributed by atoms with Gasteiger partial charge >= 0.3 is 12.4 Å². The van der Waals surface area contributed by atoms with Crippen LogP contribution in [-0.4, -0.2) is 68.8 Å². The van der Waals surface area contributed by atoms with Crippen molar-refractivity contribution in [1.29, 1.82) is 0 Å². The summed E-state index contributed by atoms with van der Waals surface area (Å²) in [7, 11) is -1.40. The number of hydrogen-bond acceptors (Lipinski definition) is 8. The number of hydrogen-bond donors (Lipinski definition) is 5. The number of ketones is 1. The molecule has 0 aromatic heterocycles. The molecule has 0 amide bonds. The molecular formula is C12H24BN3O5S. The van der Waals surface area contributed by atoms with Gasteiger partial charge in [-0.15, -0.1) is 0 Å². The predicted octanol–water partition coefficient (Wildman–Crippen LogP) is -0.846. The van der Waals surface area contributed by atoms with Crippen molar-refractivity contribution in [2.75, 3.05) is 19.6 Å². The highest BCUT2D eigenvalue weighted by Crippen LogP contribution is 2.35. The first-order valence-electron chi connectivity index (χ1n) is 7.19. The SMILES string of the molecule is C[C@H](N)C(=O)CN1CC(CCB(O)O)C[C@](N)(SC(=O)O)C1. The van der Waals surface area contributed by atoms with E-state index in [-0.39, 0.29) is 31.1 Å². The van der Waals surface area contributed by atoms with E-state index >= 15 is 0 Å². The summed E-state index contributed by atoms with van der Waals surface area (Å²) in [6.07, 6.45) is 1.13. The standard InChI is InChI=1S/C12H24BN3O5S/c1-8(14)10(17)6-16-5-9(2-3-13(20)21)4-12(15,7-16)22-11(18)19/h8-9,20-21H,2-7,14-15H2,1H3,(H,18,19)/t8-,9?,12-/m0/s1. The normalized spacial score (nSPS) is 27.4. The highest BCUT2D eigenvalue weighted by molar-refractivity contribution is 8.14. The van der Waals surface area contributed by atoms with Gasteiger partial charge in [-0.1, -0.05) is 6.42 Å². The van der Waals surface area contributed by atoms with Crippen molar-refractivity contribution in [2.24, 2.45) is 17.4 Å². The van der Waals surface area contributed by atoms with Crippen molar-refractivity contribution in [2.45, 2.75) is 37.0 Å². The van der Waals surface area contributed by atoms with Gasteiger partial charge in [0, 0.05) is 13.1 Å². The first-order chi connectivity index (χ1) is 10.1. The van der Waals surface area contributed by atoms with Crippen molar-refractivity contribution in [1.82, 2.24) is 4.90 Å². The second kappa shape index (κ2) is 8.28. The smallest absolute Gasteiger partial charge is 0.451 e. The van der Waals surface area contributed by atoms with E-state index in [1.807, 2.05) is 0 Å². The van der Waals surface area contributed by atoms with E-state index in [9.17, 15) is 9.59 Å². The third kappa shape index (κ3) is 6.63. The topological polar surface area (TPSA) is 150 Å². The van der Waals surface area contributed by atoms with Crippen molar-refractivity contribution < 1.29 is 24.7 Å². The number of nitrogens with zero attached hydrogens (tertiary/aromatic N) is 1. The second-order valence-corrected chi connectivity index (χ2v) is 7.35. The van der Waals surface area contributed by atoms with Crippen LogP contribution in [0, 0.1) is 5.92 Å². The molecule has 1 aliphatic rings. The number of Topliss-reactive ketones (excluding diaryl/α,β-unsaturated/α-hetero) is 1. The molecule has 0 aromatic carbocycles. The largest absolute Gasteiger partial charge is 0.473 e. The first-order valence-corrected chi connectivity index (χ1v) is 8.00. The molecule has 1 heterocycles. The molecule has 1 saturated heterocycles. The highest BCUT2D eigenvalue weighted by Gasteiger charge is 2.40. The Morgan fingerprint density at radius 1 is 1.50 bits per heavy atom. The number of thioether (sulfide) groups is 1. The lowest BCUT2D eigenvalue weighted by Crippen LogP contribution is -2.57. The highest BCUT2D eigenvalue weighted by atomic mass is 32.2. The van der Waals surface area contributed by atoms with Crippen LogP contribution < -0.4 is 11.5 Å². The third-order valence-corrected chi connectivity index (χ3v) is 4.53. The minimum absolute atomic E-state index is 0.00622. The average Bonchev–Trinajstić information content (AvgIpc) is 2.33. The van der Waals surface area contributed by atoms with E-state index in [4.69, 9.17) is 26.6 Å². The number of rotatable bonds is 7. The molecule has 126 valence electrons. The molecule has 1 fully saturated rings. The van der Waals surface area contributed by atoms with Gasteiger partial charge in [-0.2, -0.15) is 0 Å². The molecule has 1 aliphatic heterocycles. The minimum Gasteiger partial charge on any atom is -0.473 e. The van der Waals surface area contributed by atoms with Gasteiger partial charge in [0.05, 0.1) is 17.5 Å². The molecule has 0 saturated carbocycles. The summed E-state index contributed by atoms with van der Waals surface area (Å²) in [4.78, 5) is 23.6. The van der Waals surface area contributed by atoms with Gasteiger partial charge < -0.3 is 26.6 Å². The van der Waals surface area contributed by atoms with Crippen LogP contribution in [0.1, 0.15) is 19.8 Å². The summed E-state index contributed by atoms with van der Waals surface area (Å²) < 4.78 is 0. The van der Waals surface area contributed by atoms with Crippen LogP contribution in [0.2, 0.25) is 6.32 Å². The molecule has 0 aliphatic carbocycles. The fraction of sp³-hybridized carbons (Fsp3) is 0.833. The van der Waals surface area contributed by atoms with Gasteiger partial charge in [0.1, 0.15) is 0 Å². The molecule has 1 rings (SSSR count). The maximum atomic E-state index is 11.8. The lowest BCUT2D eigenvalue weighted by molar-refractivity contribution is -0.121. The van der Waals surface area contributed by atoms with Crippen LogP contribution in [-0.2, 0) is 4.79 Å². The lowest BCUT2D eigenvalue weighted by Gasteiger charge is -2.42. The molecule has 22 heavy (non-hydrogen) atoms. The number of carboxylic acid groups (broad SMARTS) is 1. The van der Waals surface area contributed by atoms with Crippen molar-refractivity contribution >= 4 is 30.0 Å². The quantitative estimate of drug-likeness (QED) is 0.296. The molecule has 3 atom stereocenters. The average molecular weight is 333 g/mol. The summed E-state index contributed by atoms with van der Waals surface area (Å²) in [6, 6.07) is -0.584. The zero-order valence-corrected chi connectivity index (χ0v) is 13.5.